The number of hydrogen-bond acceptors (Lipinski definition) is 4. The average Bonchev–Trinajstić information content (AvgIpc) is 2.71. The van der Waals surface area contributed by atoms with Crippen molar-refractivity contribution in [2.24, 2.45) is 5.10 Å². The number of rotatable bonds is 7. The molecular formula is C22H21N3O3. The molecule has 0 bridgehead atoms. The zero-order valence-corrected chi connectivity index (χ0v) is 15.5. The highest BCUT2D eigenvalue weighted by Crippen LogP contribution is 2.24. The van der Waals surface area contributed by atoms with Gasteiger partial charge in [-0.2, -0.15) is 5.10 Å². The van der Waals surface area contributed by atoms with Gasteiger partial charge in [-0.15, -0.1) is 0 Å². The first-order valence-electron chi connectivity index (χ1n) is 8.89. The van der Waals surface area contributed by atoms with Crippen molar-refractivity contribution in [1.82, 2.24) is 5.43 Å². The average molecular weight is 375 g/mol. The van der Waals surface area contributed by atoms with Gasteiger partial charge in [0.25, 0.3) is 5.91 Å². The van der Waals surface area contributed by atoms with Crippen LogP contribution in [0.1, 0.15) is 13.3 Å². The smallest absolute Gasteiger partial charge is 0.277 e. The second kappa shape index (κ2) is 9.32. The van der Waals surface area contributed by atoms with Crippen LogP contribution in [0.3, 0.4) is 0 Å². The molecule has 3 aromatic rings. The number of hydrogen-bond donors (Lipinski definition) is 2. The first-order valence-corrected chi connectivity index (χ1v) is 8.89. The molecule has 6 heteroatoms. The van der Waals surface area contributed by atoms with Gasteiger partial charge in [-0.1, -0.05) is 54.6 Å². The summed E-state index contributed by atoms with van der Waals surface area (Å²) in [5.41, 5.74) is 3.62. The third kappa shape index (κ3) is 5.41. The number of para-hydroxylation sites is 1. The summed E-state index contributed by atoms with van der Waals surface area (Å²) >= 11 is 0. The van der Waals surface area contributed by atoms with Crippen LogP contribution < -0.4 is 15.5 Å². The Morgan fingerprint density at radius 1 is 0.893 bits per heavy atom. The van der Waals surface area contributed by atoms with Gasteiger partial charge in [0.05, 0.1) is 6.42 Å². The van der Waals surface area contributed by atoms with E-state index in [2.05, 4.69) is 15.8 Å². The van der Waals surface area contributed by atoms with Crippen molar-refractivity contribution in [2.45, 2.75) is 13.3 Å². The Kier molecular flexibility index (Phi) is 6.36. The van der Waals surface area contributed by atoms with Gasteiger partial charge in [-0.25, -0.2) is 5.43 Å². The standard InChI is InChI=1S/C22H21N3O3/c1-16(14-21(26)23-18-10-3-2-4-11-18)24-25-22(27)15-28-20-13-7-9-17-8-5-6-12-19(17)20/h2-13H,14-15H2,1H3,(H,23,26)(H,25,27)/b24-16+. The van der Waals surface area contributed by atoms with E-state index in [0.717, 1.165) is 10.8 Å². The van der Waals surface area contributed by atoms with Gasteiger partial charge in [-0.05, 0) is 30.5 Å². The van der Waals surface area contributed by atoms with Crippen LogP contribution >= 0.6 is 0 Å². The zero-order chi connectivity index (χ0) is 19.8. The van der Waals surface area contributed by atoms with E-state index in [9.17, 15) is 9.59 Å². The van der Waals surface area contributed by atoms with E-state index in [1.807, 2.05) is 60.7 Å². The van der Waals surface area contributed by atoms with E-state index in [1.165, 1.54) is 0 Å². The van der Waals surface area contributed by atoms with Crippen LogP contribution in [0.4, 0.5) is 5.69 Å². The largest absolute Gasteiger partial charge is 0.483 e. The Morgan fingerprint density at radius 3 is 2.43 bits per heavy atom. The zero-order valence-electron chi connectivity index (χ0n) is 15.5. The summed E-state index contributed by atoms with van der Waals surface area (Å²) < 4.78 is 5.61. The molecule has 3 rings (SSSR count). The van der Waals surface area contributed by atoms with Crippen LogP contribution in [0.25, 0.3) is 10.8 Å². The summed E-state index contributed by atoms with van der Waals surface area (Å²) in [5, 5.41) is 8.70. The molecule has 28 heavy (non-hydrogen) atoms. The maximum absolute atomic E-state index is 12.0. The van der Waals surface area contributed by atoms with Crippen LogP contribution in [-0.2, 0) is 9.59 Å². The van der Waals surface area contributed by atoms with E-state index in [1.54, 1.807) is 19.1 Å². The van der Waals surface area contributed by atoms with Crippen molar-refractivity contribution in [3.8, 4) is 5.75 Å². The Labute approximate surface area is 163 Å². The first kappa shape index (κ1) is 19.1. The second-order valence-corrected chi connectivity index (χ2v) is 6.24. The van der Waals surface area contributed by atoms with Crippen LogP contribution in [0, 0.1) is 0 Å². The van der Waals surface area contributed by atoms with Gasteiger partial charge < -0.3 is 10.1 Å². The Hall–Kier alpha value is -3.67. The van der Waals surface area contributed by atoms with Crippen LogP contribution in [0.2, 0.25) is 0 Å². The van der Waals surface area contributed by atoms with Gasteiger partial charge in [0.15, 0.2) is 6.61 Å². The van der Waals surface area contributed by atoms with Gasteiger partial charge >= 0.3 is 0 Å². The summed E-state index contributed by atoms with van der Waals surface area (Å²) in [6, 6.07) is 22.6. The van der Waals surface area contributed by atoms with Crippen molar-refractivity contribution in [3.05, 3.63) is 72.8 Å². The second-order valence-electron chi connectivity index (χ2n) is 6.24. The SMILES string of the molecule is C/C(CC(=O)Nc1ccccc1)=N\NC(=O)COc1cccc2ccccc12. The summed E-state index contributed by atoms with van der Waals surface area (Å²) in [6.07, 6.45) is 0.0827. The minimum Gasteiger partial charge on any atom is -0.483 e. The van der Waals surface area contributed by atoms with Crippen LogP contribution in [0.5, 0.6) is 5.75 Å². The number of nitrogens with zero attached hydrogens (tertiary/aromatic N) is 1. The number of hydrazone groups is 1. The molecule has 0 aliphatic rings. The monoisotopic (exact) mass is 375 g/mol. The topological polar surface area (TPSA) is 79.8 Å². The Morgan fingerprint density at radius 2 is 1.61 bits per heavy atom. The molecule has 0 aliphatic heterocycles. The minimum absolute atomic E-state index is 0.0827. The fraction of sp³-hybridized carbons (Fsp3) is 0.136. The predicted molar refractivity (Wildman–Crippen MR) is 110 cm³/mol. The Bertz CT molecular complexity index is 995. The fourth-order valence-corrected chi connectivity index (χ4v) is 2.65. The molecule has 0 heterocycles. The number of ether oxygens (including phenoxy) is 1. The van der Waals surface area contributed by atoms with Gasteiger partial charge in [0, 0.05) is 16.8 Å². The van der Waals surface area contributed by atoms with Gasteiger partial charge in [-0.3, -0.25) is 9.59 Å². The molecule has 3 aromatic carbocycles. The maximum atomic E-state index is 12.0. The van der Waals surface area contributed by atoms with Crippen molar-refractivity contribution in [2.75, 3.05) is 11.9 Å². The number of carbonyl (C=O) groups is 2. The molecule has 0 fully saturated rings. The quantitative estimate of drug-likeness (QED) is 0.488. The van der Waals surface area contributed by atoms with E-state index in [4.69, 9.17) is 4.74 Å². The summed E-state index contributed by atoms with van der Waals surface area (Å²) in [6.45, 7) is 1.51. The number of carbonyl (C=O) groups excluding carboxylic acids is 2. The highest BCUT2D eigenvalue weighted by molar-refractivity contribution is 6.05. The molecule has 0 radical (unpaired) electrons. The van der Waals surface area contributed by atoms with Crippen molar-refractivity contribution >= 4 is 34.0 Å². The van der Waals surface area contributed by atoms with Crippen LogP contribution in [-0.4, -0.2) is 24.1 Å². The number of fused-ring (bicyclic) bond motifs is 1. The number of benzene rings is 3. The van der Waals surface area contributed by atoms with Crippen molar-refractivity contribution < 1.29 is 14.3 Å². The molecule has 2 amide bonds. The molecule has 142 valence electrons. The maximum Gasteiger partial charge on any atom is 0.277 e. The fourth-order valence-electron chi connectivity index (χ4n) is 2.65. The van der Waals surface area contributed by atoms with Crippen LogP contribution in [0.15, 0.2) is 77.9 Å². The highest BCUT2D eigenvalue weighted by Gasteiger charge is 2.07. The molecule has 0 atom stereocenters. The lowest BCUT2D eigenvalue weighted by atomic mass is 10.1. The van der Waals surface area contributed by atoms with Gasteiger partial charge in [0.1, 0.15) is 5.75 Å². The molecule has 0 saturated carbocycles. The number of nitrogens with one attached hydrogen (secondary N) is 2. The first-order chi connectivity index (χ1) is 13.6. The predicted octanol–water partition coefficient (Wildman–Crippen LogP) is 3.74. The normalized spacial score (nSPS) is 11.1. The molecular weight excluding hydrogens is 354 g/mol. The summed E-state index contributed by atoms with van der Waals surface area (Å²) in [5.74, 6) is 0.0423. The van der Waals surface area contributed by atoms with E-state index < -0.39 is 5.91 Å². The van der Waals surface area contributed by atoms with Crippen molar-refractivity contribution in [3.63, 3.8) is 0 Å². The highest BCUT2D eigenvalue weighted by atomic mass is 16.5. The summed E-state index contributed by atoms with van der Waals surface area (Å²) in [7, 11) is 0. The third-order valence-electron chi connectivity index (χ3n) is 3.95. The Balaban J connectivity index is 1.48. The molecule has 2 N–H and O–H groups in total. The lowest BCUT2D eigenvalue weighted by Crippen LogP contribution is -2.26. The molecule has 6 nitrogen and oxygen atoms in total. The third-order valence-corrected chi connectivity index (χ3v) is 3.95. The number of anilines is 1. The molecule has 0 unspecified atom stereocenters. The number of amides is 2. The molecule has 0 aliphatic carbocycles. The summed E-state index contributed by atoms with van der Waals surface area (Å²) in [4.78, 5) is 24.0. The molecule has 0 saturated heterocycles. The molecule has 0 spiro atoms. The van der Waals surface area contributed by atoms with E-state index >= 15 is 0 Å². The van der Waals surface area contributed by atoms with E-state index in [0.29, 0.717) is 17.1 Å². The van der Waals surface area contributed by atoms with Gasteiger partial charge in [0.2, 0.25) is 5.91 Å². The lowest BCUT2D eigenvalue weighted by Gasteiger charge is -2.09. The lowest BCUT2D eigenvalue weighted by molar-refractivity contribution is -0.123. The van der Waals surface area contributed by atoms with E-state index in [-0.39, 0.29) is 18.9 Å². The molecule has 0 aromatic heterocycles. The van der Waals surface area contributed by atoms with Crippen molar-refractivity contribution in [1.29, 1.82) is 0 Å². The minimum atomic E-state index is -0.393.